The van der Waals surface area contributed by atoms with Crippen LogP contribution in [-0.2, 0) is 11.3 Å². The Morgan fingerprint density at radius 1 is 1.20 bits per heavy atom. The highest BCUT2D eigenvalue weighted by atomic mass is 16.2. The monoisotopic (exact) mass is 272 g/mol. The van der Waals surface area contributed by atoms with Crippen molar-refractivity contribution >= 4 is 16.9 Å². The second-order valence-electron chi connectivity index (χ2n) is 5.18. The molecule has 0 saturated carbocycles. The number of aromatic nitrogens is 2. The maximum atomic E-state index is 12.2. The van der Waals surface area contributed by atoms with Gasteiger partial charge in [0.1, 0.15) is 0 Å². The maximum absolute atomic E-state index is 12.2. The lowest BCUT2D eigenvalue weighted by molar-refractivity contribution is -0.134. The molecule has 0 fully saturated rings. The van der Waals surface area contributed by atoms with E-state index in [0.29, 0.717) is 6.54 Å². The number of carbonyl (C=O) groups is 1. The summed E-state index contributed by atoms with van der Waals surface area (Å²) >= 11 is 0. The van der Waals surface area contributed by atoms with Gasteiger partial charge in [0.25, 0.3) is 0 Å². The first kappa shape index (κ1) is 14.4. The van der Waals surface area contributed by atoms with Crippen molar-refractivity contribution in [3.8, 4) is 0 Å². The number of rotatable bonds is 4. The Balaban J connectivity index is 2.13. The minimum absolute atomic E-state index is 0.0740. The predicted molar refractivity (Wildman–Crippen MR) is 79.2 cm³/mol. The van der Waals surface area contributed by atoms with E-state index in [2.05, 4.69) is 9.97 Å². The molecule has 1 aromatic heterocycles. The summed E-state index contributed by atoms with van der Waals surface area (Å²) in [6.45, 7) is 2.36. The third-order valence-corrected chi connectivity index (χ3v) is 3.41. The van der Waals surface area contributed by atoms with Crippen molar-refractivity contribution in [3.05, 3.63) is 36.2 Å². The number of hydrogen-bond acceptors (Lipinski definition) is 4. The standard InChI is InChI=1S/C15H20N4O/c1-11(18(2)3)15(20)19(4)10-12-9-16-13-7-5-6-8-14(13)17-12/h5-9,11H,10H2,1-4H3/t11-/m1/s1. The third-order valence-electron chi connectivity index (χ3n) is 3.41. The minimum atomic E-state index is -0.145. The summed E-state index contributed by atoms with van der Waals surface area (Å²) in [4.78, 5) is 24.7. The van der Waals surface area contributed by atoms with Crippen molar-refractivity contribution in [2.45, 2.75) is 19.5 Å². The Labute approximate surface area is 119 Å². The molecule has 0 spiro atoms. The zero-order valence-corrected chi connectivity index (χ0v) is 12.4. The van der Waals surface area contributed by atoms with E-state index in [0.717, 1.165) is 16.7 Å². The molecule has 1 aromatic carbocycles. The average Bonchev–Trinajstić information content (AvgIpc) is 2.45. The second kappa shape index (κ2) is 5.96. The van der Waals surface area contributed by atoms with Crippen LogP contribution in [0.2, 0.25) is 0 Å². The number of hydrogen-bond donors (Lipinski definition) is 0. The predicted octanol–water partition coefficient (Wildman–Crippen LogP) is 1.54. The van der Waals surface area contributed by atoms with Crippen LogP contribution < -0.4 is 0 Å². The lowest BCUT2D eigenvalue weighted by Gasteiger charge is -2.25. The molecule has 2 rings (SSSR count). The molecule has 5 nitrogen and oxygen atoms in total. The summed E-state index contributed by atoms with van der Waals surface area (Å²) in [5.41, 5.74) is 2.52. The summed E-state index contributed by atoms with van der Waals surface area (Å²) in [5.74, 6) is 0.0740. The molecule has 20 heavy (non-hydrogen) atoms. The lowest BCUT2D eigenvalue weighted by atomic mass is 10.2. The normalized spacial score (nSPS) is 12.7. The molecule has 1 amide bonds. The number of carbonyl (C=O) groups excluding carboxylic acids is 1. The SMILES string of the molecule is C[C@H](C(=O)N(C)Cc1cnc2ccccc2n1)N(C)C. The van der Waals surface area contributed by atoms with E-state index in [-0.39, 0.29) is 11.9 Å². The van der Waals surface area contributed by atoms with Crippen molar-refractivity contribution in [1.29, 1.82) is 0 Å². The molecular weight excluding hydrogens is 252 g/mol. The van der Waals surface area contributed by atoms with E-state index in [1.165, 1.54) is 0 Å². The summed E-state index contributed by atoms with van der Waals surface area (Å²) in [6, 6.07) is 7.58. The number of fused-ring (bicyclic) bond motifs is 1. The molecular formula is C15H20N4O. The van der Waals surface area contributed by atoms with E-state index in [1.54, 1.807) is 18.1 Å². The quantitative estimate of drug-likeness (QED) is 0.847. The van der Waals surface area contributed by atoms with Crippen LogP contribution in [-0.4, -0.2) is 52.9 Å². The fraction of sp³-hybridized carbons (Fsp3) is 0.400. The molecule has 0 radical (unpaired) electrons. The fourth-order valence-corrected chi connectivity index (χ4v) is 1.93. The van der Waals surface area contributed by atoms with Gasteiger partial charge in [-0.1, -0.05) is 12.1 Å². The Morgan fingerprint density at radius 3 is 2.50 bits per heavy atom. The van der Waals surface area contributed by atoms with Gasteiger partial charge in [0.05, 0.1) is 35.5 Å². The Kier molecular flexibility index (Phi) is 4.29. The largest absolute Gasteiger partial charge is 0.338 e. The van der Waals surface area contributed by atoms with Gasteiger partial charge in [-0.05, 0) is 33.2 Å². The smallest absolute Gasteiger partial charge is 0.239 e. The molecule has 5 heteroatoms. The first-order chi connectivity index (χ1) is 9.49. The molecule has 0 bridgehead atoms. The first-order valence-electron chi connectivity index (χ1n) is 6.61. The van der Waals surface area contributed by atoms with E-state index in [9.17, 15) is 4.79 Å². The van der Waals surface area contributed by atoms with Gasteiger partial charge in [-0.2, -0.15) is 0 Å². The molecule has 1 heterocycles. The van der Waals surface area contributed by atoms with Gasteiger partial charge >= 0.3 is 0 Å². The van der Waals surface area contributed by atoms with E-state index >= 15 is 0 Å². The number of para-hydroxylation sites is 2. The van der Waals surface area contributed by atoms with Crippen molar-refractivity contribution in [2.75, 3.05) is 21.1 Å². The van der Waals surface area contributed by atoms with Crippen molar-refractivity contribution in [3.63, 3.8) is 0 Å². The lowest BCUT2D eigenvalue weighted by Crippen LogP contribution is -2.42. The van der Waals surface area contributed by atoms with Gasteiger partial charge in [0, 0.05) is 7.05 Å². The Bertz CT molecular complexity index is 612. The third kappa shape index (κ3) is 3.11. The van der Waals surface area contributed by atoms with Gasteiger partial charge in [-0.15, -0.1) is 0 Å². The van der Waals surface area contributed by atoms with Crippen LogP contribution in [0.3, 0.4) is 0 Å². The van der Waals surface area contributed by atoms with E-state index < -0.39 is 0 Å². The van der Waals surface area contributed by atoms with Gasteiger partial charge in [-0.3, -0.25) is 14.7 Å². The van der Waals surface area contributed by atoms with Gasteiger partial charge in [-0.25, -0.2) is 4.98 Å². The first-order valence-corrected chi connectivity index (χ1v) is 6.61. The molecule has 0 aliphatic carbocycles. The zero-order valence-electron chi connectivity index (χ0n) is 12.4. The van der Waals surface area contributed by atoms with Crippen LogP contribution in [0.5, 0.6) is 0 Å². The molecule has 2 aromatic rings. The highest BCUT2D eigenvalue weighted by Crippen LogP contribution is 2.10. The van der Waals surface area contributed by atoms with Gasteiger partial charge in [0.2, 0.25) is 5.91 Å². The van der Waals surface area contributed by atoms with Crippen molar-refractivity contribution < 1.29 is 4.79 Å². The number of likely N-dealkylation sites (N-methyl/N-ethyl adjacent to an activating group) is 2. The summed E-state index contributed by atoms with van der Waals surface area (Å²) in [5, 5.41) is 0. The minimum Gasteiger partial charge on any atom is -0.338 e. The topological polar surface area (TPSA) is 49.3 Å². The Hall–Kier alpha value is -2.01. The van der Waals surface area contributed by atoms with E-state index in [1.807, 2.05) is 50.2 Å². The van der Waals surface area contributed by atoms with Crippen LogP contribution >= 0.6 is 0 Å². The van der Waals surface area contributed by atoms with Crippen LogP contribution in [0.15, 0.2) is 30.5 Å². The molecule has 0 aliphatic rings. The van der Waals surface area contributed by atoms with Crippen LogP contribution in [0.4, 0.5) is 0 Å². The van der Waals surface area contributed by atoms with Crippen LogP contribution in [0.1, 0.15) is 12.6 Å². The number of amides is 1. The fourth-order valence-electron chi connectivity index (χ4n) is 1.93. The highest BCUT2D eigenvalue weighted by Gasteiger charge is 2.19. The molecule has 0 aliphatic heterocycles. The zero-order chi connectivity index (χ0) is 14.7. The molecule has 0 N–H and O–H groups in total. The summed E-state index contributed by atoms with van der Waals surface area (Å²) < 4.78 is 0. The number of benzene rings is 1. The summed E-state index contributed by atoms with van der Waals surface area (Å²) in [7, 11) is 5.58. The molecule has 1 atom stereocenters. The second-order valence-corrected chi connectivity index (χ2v) is 5.18. The molecule has 0 unspecified atom stereocenters. The average molecular weight is 272 g/mol. The van der Waals surface area contributed by atoms with Gasteiger partial charge < -0.3 is 4.90 Å². The molecule has 0 saturated heterocycles. The Morgan fingerprint density at radius 2 is 1.85 bits per heavy atom. The highest BCUT2D eigenvalue weighted by molar-refractivity contribution is 5.81. The van der Waals surface area contributed by atoms with Crippen LogP contribution in [0, 0.1) is 0 Å². The van der Waals surface area contributed by atoms with Gasteiger partial charge in [0.15, 0.2) is 0 Å². The van der Waals surface area contributed by atoms with Crippen molar-refractivity contribution in [1.82, 2.24) is 19.8 Å². The van der Waals surface area contributed by atoms with Crippen LogP contribution in [0.25, 0.3) is 11.0 Å². The molecule has 106 valence electrons. The maximum Gasteiger partial charge on any atom is 0.239 e. The van der Waals surface area contributed by atoms with E-state index in [4.69, 9.17) is 0 Å². The number of nitrogens with zero attached hydrogens (tertiary/aromatic N) is 4. The summed E-state index contributed by atoms with van der Waals surface area (Å²) in [6.07, 6.45) is 1.73. The van der Waals surface area contributed by atoms with Crippen molar-refractivity contribution in [2.24, 2.45) is 0 Å².